The summed E-state index contributed by atoms with van der Waals surface area (Å²) in [4.78, 5) is 28.1. The zero-order chi connectivity index (χ0) is 15.9. The van der Waals surface area contributed by atoms with Crippen LogP contribution in [0.4, 0.5) is 0 Å². The highest BCUT2D eigenvalue weighted by atomic mass is 127. The number of nitrogens with one attached hydrogen (secondary N) is 1. The van der Waals surface area contributed by atoms with Crippen LogP contribution in [0, 0.1) is 8.34 Å². The minimum absolute atomic E-state index is 0.0865. The summed E-state index contributed by atoms with van der Waals surface area (Å²) >= 11 is 10.7. The first kappa shape index (κ1) is 15.6. The quantitative estimate of drug-likeness (QED) is 0.416. The molecule has 0 aliphatic rings. The Morgan fingerprint density at radius 1 is 1.18 bits per heavy atom. The SMILES string of the molecule is O=C(c1ccc(I)cc1)n1c(=S)[nH]c2ccc(Br)cc2c1=O. The Hall–Kier alpha value is -1.32. The van der Waals surface area contributed by atoms with Gasteiger partial charge in [-0.2, -0.15) is 0 Å². The third-order valence-corrected chi connectivity index (χ3v) is 4.65. The van der Waals surface area contributed by atoms with Gasteiger partial charge in [0.15, 0.2) is 4.77 Å². The van der Waals surface area contributed by atoms with E-state index in [1.807, 2.05) is 12.1 Å². The molecule has 110 valence electrons. The highest BCUT2D eigenvalue weighted by Crippen LogP contribution is 2.16. The van der Waals surface area contributed by atoms with Crippen molar-refractivity contribution in [3.05, 3.63) is 71.2 Å². The molecule has 0 saturated heterocycles. The van der Waals surface area contributed by atoms with E-state index in [1.54, 1.807) is 30.3 Å². The molecule has 1 N–H and O–H groups in total. The Morgan fingerprint density at radius 3 is 2.55 bits per heavy atom. The molecule has 0 amide bonds. The molecule has 0 bridgehead atoms. The molecule has 0 aliphatic carbocycles. The molecule has 0 radical (unpaired) electrons. The predicted octanol–water partition coefficient (Wildman–Crippen LogP) is 4.11. The Morgan fingerprint density at radius 2 is 1.86 bits per heavy atom. The summed E-state index contributed by atoms with van der Waals surface area (Å²) in [5.74, 6) is -0.440. The van der Waals surface area contributed by atoms with Gasteiger partial charge < -0.3 is 4.98 Å². The molecule has 2 aromatic carbocycles. The molecule has 7 heteroatoms. The Bertz CT molecular complexity index is 1010. The van der Waals surface area contributed by atoms with Crippen molar-refractivity contribution in [1.82, 2.24) is 9.55 Å². The van der Waals surface area contributed by atoms with Crippen molar-refractivity contribution in [3.8, 4) is 0 Å². The molecule has 0 aliphatic heterocycles. The number of carbonyl (C=O) groups excluding carboxylic acids is 1. The van der Waals surface area contributed by atoms with Crippen molar-refractivity contribution in [2.45, 2.75) is 0 Å². The van der Waals surface area contributed by atoms with Gasteiger partial charge in [-0.05, 0) is 77.3 Å². The maximum atomic E-state index is 12.6. The van der Waals surface area contributed by atoms with E-state index < -0.39 is 11.5 Å². The lowest BCUT2D eigenvalue weighted by Crippen LogP contribution is -2.29. The number of rotatable bonds is 1. The van der Waals surface area contributed by atoms with Gasteiger partial charge in [0.05, 0.1) is 10.9 Å². The van der Waals surface area contributed by atoms with Crippen LogP contribution in [-0.4, -0.2) is 15.5 Å². The van der Waals surface area contributed by atoms with E-state index in [2.05, 4.69) is 43.5 Å². The number of hydrogen-bond donors (Lipinski definition) is 1. The van der Waals surface area contributed by atoms with Crippen LogP contribution >= 0.6 is 50.7 Å². The van der Waals surface area contributed by atoms with Crippen molar-refractivity contribution in [2.75, 3.05) is 0 Å². The lowest BCUT2D eigenvalue weighted by Gasteiger charge is -2.07. The number of nitrogens with zero attached hydrogens (tertiary/aromatic N) is 1. The van der Waals surface area contributed by atoms with E-state index in [4.69, 9.17) is 12.2 Å². The summed E-state index contributed by atoms with van der Waals surface area (Å²) in [5, 5.41) is 0.404. The molecule has 0 saturated carbocycles. The molecule has 1 aromatic heterocycles. The summed E-state index contributed by atoms with van der Waals surface area (Å²) < 4.78 is 2.85. The number of benzene rings is 2. The van der Waals surface area contributed by atoms with Gasteiger partial charge in [0.1, 0.15) is 0 Å². The largest absolute Gasteiger partial charge is 0.331 e. The normalized spacial score (nSPS) is 10.8. The first-order chi connectivity index (χ1) is 10.5. The van der Waals surface area contributed by atoms with Crippen LogP contribution < -0.4 is 5.56 Å². The second kappa shape index (κ2) is 6.05. The third kappa shape index (κ3) is 2.80. The number of carbonyl (C=O) groups is 1. The standard InChI is InChI=1S/C15H8BrIN2O2S/c16-9-3-6-12-11(7-9)14(21)19(15(22)18-12)13(20)8-1-4-10(17)5-2-8/h1-7H,(H,18,22). The fourth-order valence-corrected chi connectivity index (χ4v) is 3.09. The molecule has 3 rings (SSSR count). The number of fused-ring (bicyclic) bond motifs is 1. The van der Waals surface area contributed by atoms with Crippen LogP contribution in [0.15, 0.2) is 51.7 Å². The summed E-state index contributed by atoms with van der Waals surface area (Å²) in [5.41, 5.74) is 0.588. The minimum atomic E-state index is -0.440. The Kier molecular flexibility index (Phi) is 4.28. The van der Waals surface area contributed by atoms with Crippen molar-refractivity contribution >= 4 is 67.5 Å². The lowest BCUT2D eigenvalue weighted by molar-refractivity contribution is 0.0953. The second-order valence-corrected chi connectivity index (χ2v) is 7.12. The zero-order valence-corrected chi connectivity index (χ0v) is 15.5. The molecule has 0 atom stereocenters. The average Bonchev–Trinajstić information content (AvgIpc) is 2.49. The minimum Gasteiger partial charge on any atom is -0.331 e. The Balaban J connectivity index is 2.26. The topological polar surface area (TPSA) is 54.9 Å². The summed E-state index contributed by atoms with van der Waals surface area (Å²) in [7, 11) is 0. The second-order valence-electron chi connectivity index (χ2n) is 4.57. The maximum absolute atomic E-state index is 12.6. The van der Waals surface area contributed by atoms with Gasteiger partial charge in [-0.3, -0.25) is 9.59 Å². The Labute approximate surface area is 152 Å². The fraction of sp³-hybridized carbons (Fsp3) is 0. The fourth-order valence-electron chi connectivity index (χ4n) is 2.09. The maximum Gasteiger partial charge on any atom is 0.269 e. The van der Waals surface area contributed by atoms with Crippen molar-refractivity contribution in [2.24, 2.45) is 0 Å². The van der Waals surface area contributed by atoms with Gasteiger partial charge in [0, 0.05) is 13.6 Å². The van der Waals surface area contributed by atoms with Gasteiger partial charge in [0.25, 0.3) is 11.5 Å². The van der Waals surface area contributed by atoms with Crippen LogP contribution in [0.25, 0.3) is 10.9 Å². The van der Waals surface area contributed by atoms with E-state index in [0.717, 1.165) is 12.6 Å². The van der Waals surface area contributed by atoms with Crippen molar-refractivity contribution in [3.63, 3.8) is 0 Å². The molecular formula is C15H8BrIN2O2S. The predicted molar refractivity (Wildman–Crippen MR) is 100.0 cm³/mol. The molecule has 0 spiro atoms. The van der Waals surface area contributed by atoms with E-state index in [0.29, 0.717) is 16.5 Å². The summed E-state index contributed by atoms with van der Waals surface area (Å²) in [6.45, 7) is 0. The monoisotopic (exact) mass is 486 g/mol. The van der Waals surface area contributed by atoms with Crippen molar-refractivity contribution in [1.29, 1.82) is 0 Å². The molecule has 4 nitrogen and oxygen atoms in total. The summed E-state index contributed by atoms with van der Waals surface area (Å²) in [6.07, 6.45) is 0. The highest BCUT2D eigenvalue weighted by Gasteiger charge is 2.14. The molecule has 3 aromatic rings. The van der Waals surface area contributed by atoms with Crippen LogP contribution in [0.3, 0.4) is 0 Å². The average molecular weight is 487 g/mol. The van der Waals surface area contributed by atoms with Crippen LogP contribution in [0.2, 0.25) is 0 Å². The van der Waals surface area contributed by atoms with E-state index in [1.165, 1.54) is 0 Å². The van der Waals surface area contributed by atoms with Gasteiger partial charge in [0.2, 0.25) is 0 Å². The van der Waals surface area contributed by atoms with Crippen LogP contribution in [-0.2, 0) is 0 Å². The van der Waals surface area contributed by atoms with Gasteiger partial charge in [-0.25, -0.2) is 4.57 Å². The van der Waals surface area contributed by atoms with Gasteiger partial charge in [-0.1, -0.05) is 15.9 Å². The number of halogens is 2. The molecular weight excluding hydrogens is 479 g/mol. The van der Waals surface area contributed by atoms with E-state index in [9.17, 15) is 9.59 Å². The van der Waals surface area contributed by atoms with Crippen molar-refractivity contribution < 1.29 is 4.79 Å². The molecule has 0 unspecified atom stereocenters. The molecule has 22 heavy (non-hydrogen) atoms. The first-order valence-corrected chi connectivity index (χ1v) is 8.50. The van der Waals surface area contributed by atoms with Gasteiger partial charge in [-0.15, -0.1) is 0 Å². The van der Waals surface area contributed by atoms with E-state index in [-0.39, 0.29) is 4.77 Å². The first-order valence-electron chi connectivity index (χ1n) is 6.22. The summed E-state index contributed by atoms with van der Waals surface area (Å²) in [6, 6.07) is 12.2. The highest BCUT2D eigenvalue weighted by molar-refractivity contribution is 14.1. The number of hydrogen-bond acceptors (Lipinski definition) is 3. The van der Waals surface area contributed by atoms with Crippen LogP contribution in [0.5, 0.6) is 0 Å². The molecule has 1 heterocycles. The third-order valence-electron chi connectivity index (χ3n) is 3.15. The lowest BCUT2D eigenvalue weighted by atomic mass is 10.2. The van der Waals surface area contributed by atoms with E-state index >= 15 is 0 Å². The number of aromatic amines is 1. The number of aromatic nitrogens is 2. The van der Waals surface area contributed by atoms with Gasteiger partial charge >= 0.3 is 0 Å². The number of H-pyrrole nitrogens is 1. The van der Waals surface area contributed by atoms with Crippen LogP contribution in [0.1, 0.15) is 10.4 Å². The smallest absolute Gasteiger partial charge is 0.269 e. The zero-order valence-electron chi connectivity index (χ0n) is 11.0. The molecule has 0 fully saturated rings.